The highest BCUT2D eigenvalue weighted by Crippen LogP contribution is 2.12. The minimum absolute atomic E-state index is 0.227. The van der Waals surface area contributed by atoms with Crippen molar-refractivity contribution in [1.82, 2.24) is 10.6 Å². The summed E-state index contributed by atoms with van der Waals surface area (Å²) in [7, 11) is 0. The molecule has 2 amide bonds. The summed E-state index contributed by atoms with van der Waals surface area (Å²) in [5.41, 5.74) is 8.70. The molecule has 0 aromatic heterocycles. The van der Waals surface area contributed by atoms with Gasteiger partial charge in [0.1, 0.15) is 5.60 Å². The van der Waals surface area contributed by atoms with Crippen LogP contribution >= 0.6 is 0 Å². The second-order valence-electron chi connectivity index (χ2n) is 5.77. The molecule has 0 unspecified atom stereocenters. The Balaban J connectivity index is 2.26. The molecule has 0 aliphatic heterocycles. The van der Waals surface area contributed by atoms with Crippen LogP contribution in [-0.2, 0) is 4.74 Å². The molecule has 2 N–H and O–H groups in total. The SMILES string of the molecule is CC(C)(C)OC(=O)NCCCNC(=O)c1ccc(N=[N+]=[N-])cc1. The van der Waals surface area contributed by atoms with Crippen LogP contribution in [0, 0.1) is 0 Å². The van der Waals surface area contributed by atoms with Crippen molar-refractivity contribution < 1.29 is 14.3 Å². The fourth-order valence-corrected chi connectivity index (χ4v) is 1.63. The molecule has 1 aromatic rings. The predicted octanol–water partition coefficient (Wildman–Crippen LogP) is 3.27. The predicted molar refractivity (Wildman–Crippen MR) is 86.4 cm³/mol. The summed E-state index contributed by atoms with van der Waals surface area (Å²) in [5, 5.41) is 8.79. The number of rotatable bonds is 6. The lowest BCUT2D eigenvalue weighted by molar-refractivity contribution is 0.0527. The van der Waals surface area contributed by atoms with Gasteiger partial charge >= 0.3 is 6.09 Å². The molecule has 0 spiro atoms. The van der Waals surface area contributed by atoms with Crippen LogP contribution in [0.3, 0.4) is 0 Å². The van der Waals surface area contributed by atoms with Gasteiger partial charge in [-0.25, -0.2) is 4.79 Å². The maximum absolute atomic E-state index is 11.9. The van der Waals surface area contributed by atoms with E-state index < -0.39 is 11.7 Å². The normalized spacial score (nSPS) is 10.4. The zero-order valence-electron chi connectivity index (χ0n) is 13.5. The number of nitrogens with zero attached hydrogens (tertiary/aromatic N) is 3. The van der Waals surface area contributed by atoms with Gasteiger partial charge in [0.25, 0.3) is 5.91 Å². The number of nitrogens with one attached hydrogen (secondary N) is 2. The molecule has 0 heterocycles. The van der Waals surface area contributed by atoms with Crippen LogP contribution < -0.4 is 10.6 Å². The lowest BCUT2D eigenvalue weighted by atomic mass is 10.2. The average Bonchev–Trinajstić information content (AvgIpc) is 2.46. The first kappa shape index (κ1) is 18.3. The largest absolute Gasteiger partial charge is 0.444 e. The molecule has 0 aliphatic carbocycles. The van der Waals surface area contributed by atoms with Crippen LogP contribution in [0.25, 0.3) is 10.4 Å². The minimum atomic E-state index is -0.528. The average molecular weight is 319 g/mol. The molecule has 8 heteroatoms. The fraction of sp³-hybridized carbons (Fsp3) is 0.467. The molecule has 0 saturated heterocycles. The topological polar surface area (TPSA) is 116 Å². The van der Waals surface area contributed by atoms with E-state index in [-0.39, 0.29) is 5.91 Å². The van der Waals surface area contributed by atoms with E-state index in [2.05, 4.69) is 20.7 Å². The van der Waals surface area contributed by atoms with Gasteiger partial charge in [0.2, 0.25) is 0 Å². The van der Waals surface area contributed by atoms with E-state index in [9.17, 15) is 9.59 Å². The zero-order chi connectivity index (χ0) is 17.3. The molecule has 124 valence electrons. The van der Waals surface area contributed by atoms with Crippen molar-refractivity contribution >= 4 is 17.7 Å². The molecule has 0 aliphatic rings. The van der Waals surface area contributed by atoms with Crippen molar-refractivity contribution in [3.8, 4) is 0 Å². The number of amides is 2. The highest BCUT2D eigenvalue weighted by Gasteiger charge is 2.15. The van der Waals surface area contributed by atoms with Crippen LogP contribution in [0.1, 0.15) is 37.6 Å². The highest BCUT2D eigenvalue weighted by molar-refractivity contribution is 5.94. The van der Waals surface area contributed by atoms with Crippen LogP contribution in [-0.4, -0.2) is 30.7 Å². The van der Waals surface area contributed by atoms with E-state index in [0.29, 0.717) is 30.8 Å². The Labute approximate surface area is 134 Å². The summed E-state index contributed by atoms with van der Waals surface area (Å²) in [4.78, 5) is 25.9. The Morgan fingerprint density at radius 2 is 1.78 bits per heavy atom. The molecule has 0 atom stereocenters. The number of hydrogen-bond donors (Lipinski definition) is 2. The summed E-state index contributed by atoms with van der Waals surface area (Å²) in [5.74, 6) is -0.227. The van der Waals surface area contributed by atoms with Crippen LogP contribution in [0.2, 0.25) is 0 Å². The van der Waals surface area contributed by atoms with E-state index in [4.69, 9.17) is 10.3 Å². The van der Waals surface area contributed by atoms with Crippen LogP contribution in [0.15, 0.2) is 29.4 Å². The Hall–Kier alpha value is -2.73. The fourth-order valence-electron chi connectivity index (χ4n) is 1.63. The number of alkyl carbamates (subject to hydrolysis) is 1. The van der Waals surface area contributed by atoms with Crippen molar-refractivity contribution in [2.24, 2.45) is 5.11 Å². The van der Waals surface area contributed by atoms with Crippen LogP contribution in [0.4, 0.5) is 10.5 Å². The van der Waals surface area contributed by atoms with Gasteiger partial charge in [-0.05, 0) is 44.9 Å². The lowest BCUT2D eigenvalue weighted by Crippen LogP contribution is -2.34. The quantitative estimate of drug-likeness (QED) is 0.362. The van der Waals surface area contributed by atoms with Gasteiger partial charge in [-0.1, -0.05) is 17.2 Å². The molecule has 0 fully saturated rings. The van der Waals surface area contributed by atoms with E-state index >= 15 is 0 Å². The van der Waals surface area contributed by atoms with Crippen molar-refractivity contribution in [3.05, 3.63) is 40.3 Å². The number of carbonyl (C=O) groups excluding carboxylic acids is 2. The molecular formula is C15H21N5O3. The molecule has 23 heavy (non-hydrogen) atoms. The van der Waals surface area contributed by atoms with Gasteiger partial charge in [-0.3, -0.25) is 4.79 Å². The molecule has 1 aromatic carbocycles. The first-order valence-electron chi connectivity index (χ1n) is 7.22. The Bertz CT molecular complexity index is 586. The van der Waals surface area contributed by atoms with E-state index in [1.807, 2.05) is 0 Å². The molecule has 1 rings (SSSR count). The number of carbonyl (C=O) groups is 2. The first-order chi connectivity index (χ1) is 10.8. The Morgan fingerprint density at radius 1 is 1.17 bits per heavy atom. The Kier molecular flexibility index (Phi) is 6.89. The smallest absolute Gasteiger partial charge is 0.407 e. The third-order valence-corrected chi connectivity index (χ3v) is 2.60. The number of azide groups is 1. The Morgan fingerprint density at radius 3 is 2.35 bits per heavy atom. The van der Waals surface area contributed by atoms with Gasteiger partial charge in [-0.15, -0.1) is 0 Å². The van der Waals surface area contributed by atoms with Gasteiger partial charge in [0.15, 0.2) is 0 Å². The third kappa shape index (κ3) is 7.73. The van der Waals surface area contributed by atoms with Crippen LogP contribution in [0.5, 0.6) is 0 Å². The number of hydrogen-bond acceptors (Lipinski definition) is 4. The van der Waals surface area contributed by atoms with Gasteiger partial charge in [0.05, 0.1) is 0 Å². The van der Waals surface area contributed by atoms with E-state index in [0.717, 1.165) is 0 Å². The number of ether oxygens (including phenoxy) is 1. The summed E-state index contributed by atoms with van der Waals surface area (Å²) >= 11 is 0. The van der Waals surface area contributed by atoms with E-state index in [1.165, 1.54) is 0 Å². The lowest BCUT2D eigenvalue weighted by Gasteiger charge is -2.19. The summed E-state index contributed by atoms with van der Waals surface area (Å²) in [6.45, 7) is 6.21. The molecule has 0 saturated carbocycles. The maximum Gasteiger partial charge on any atom is 0.407 e. The molecular weight excluding hydrogens is 298 g/mol. The minimum Gasteiger partial charge on any atom is -0.444 e. The van der Waals surface area contributed by atoms with Gasteiger partial charge in [0, 0.05) is 29.3 Å². The number of benzene rings is 1. The third-order valence-electron chi connectivity index (χ3n) is 2.60. The molecule has 0 radical (unpaired) electrons. The first-order valence-corrected chi connectivity index (χ1v) is 7.22. The van der Waals surface area contributed by atoms with Crippen molar-refractivity contribution in [1.29, 1.82) is 0 Å². The molecule has 0 bridgehead atoms. The summed E-state index contributed by atoms with van der Waals surface area (Å²) in [6.07, 6.45) is 0.111. The molecule has 8 nitrogen and oxygen atoms in total. The second-order valence-corrected chi connectivity index (χ2v) is 5.77. The van der Waals surface area contributed by atoms with Gasteiger partial charge in [-0.2, -0.15) is 0 Å². The standard InChI is InChI=1S/C15H21N5O3/c1-15(2,3)23-14(22)18-10-4-9-17-13(21)11-5-7-12(8-6-11)19-20-16/h5-8H,4,9-10H2,1-3H3,(H,17,21)(H,18,22). The second kappa shape index (κ2) is 8.65. The summed E-state index contributed by atoms with van der Waals surface area (Å²) in [6, 6.07) is 6.30. The van der Waals surface area contributed by atoms with Crippen molar-refractivity contribution in [3.63, 3.8) is 0 Å². The van der Waals surface area contributed by atoms with Crippen molar-refractivity contribution in [2.75, 3.05) is 13.1 Å². The van der Waals surface area contributed by atoms with Gasteiger partial charge < -0.3 is 15.4 Å². The van der Waals surface area contributed by atoms with E-state index in [1.54, 1.807) is 45.0 Å². The highest BCUT2D eigenvalue weighted by atomic mass is 16.6. The maximum atomic E-state index is 11.9. The monoisotopic (exact) mass is 319 g/mol. The zero-order valence-corrected chi connectivity index (χ0v) is 13.5. The summed E-state index contributed by atoms with van der Waals surface area (Å²) < 4.78 is 5.09. The van der Waals surface area contributed by atoms with Crippen molar-refractivity contribution in [2.45, 2.75) is 32.8 Å².